The van der Waals surface area contributed by atoms with Crippen molar-refractivity contribution in [3.05, 3.63) is 0 Å². The molecule has 4 nitrogen and oxygen atoms in total. The van der Waals surface area contributed by atoms with Crippen LogP contribution in [0.1, 0.15) is 182 Å². The molecule has 0 aliphatic carbocycles. The van der Waals surface area contributed by atoms with Crippen LogP contribution in [0.25, 0.3) is 0 Å². The summed E-state index contributed by atoms with van der Waals surface area (Å²) in [5, 5.41) is 0. The van der Waals surface area contributed by atoms with Crippen LogP contribution in [0.15, 0.2) is 0 Å². The minimum absolute atomic E-state index is 0.182. The summed E-state index contributed by atoms with van der Waals surface area (Å²) in [7, 11) is 9.60. The number of hydrogen-bond donors (Lipinski definition) is 0. The molecule has 0 aromatic carbocycles. The van der Waals surface area contributed by atoms with Gasteiger partial charge in [-0.15, -0.1) is 0 Å². The van der Waals surface area contributed by atoms with E-state index in [2.05, 4.69) is 55.9 Å². The Labute approximate surface area is 272 Å². The van der Waals surface area contributed by atoms with E-state index in [1.807, 2.05) is 0 Å². The van der Waals surface area contributed by atoms with E-state index in [9.17, 15) is 0 Å². The highest BCUT2D eigenvalue weighted by Gasteiger charge is 2.46. The monoisotopic (exact) mass is 611 g/mol. The molecule has 1 rings (SSSR count). The van der Waals surface area contributed by atoms with Gasteiger partial charge in [-0.2, -0.15) is 0 Å². The molecule has 0 amide bonds. The molecular formula is C39H82N2O2+2. The number of quaternary nitrogens is 2. The van der Waals surface area contributed by atoms with Gasteiger partial charge in [0.25, 0.3) is 0 Å². The highest BCUT2D eigenvalue weighted by molar-refractivity contribution is 4.81. The second-order valence-electron chi connectivity index (χ2n) is 16.2. The van der Waals surface area contributed by atoms with Gasteiger partial charge < -0.3 is 18.4 Å². The lowest BCUT2D eigenvalue weighted by atomic mass is 10.0. The Morgan fingerprint density at radius 3 is 0.884 bits per heavy atom. The Kier molecular flexibility index (Phi) is 22.9. The molecule has 4 heteroatoms. The van der Waals surface area contributed by atoms with Gasteiger partial charge in [0.05, 0.1) is 41.3 Å². The quantitative estimate of drug-likeness (QED) is 0.0595. The van der Waals surface area contributed by atoms with Gasteiger partial charge in [-0.3, -0.25) is 0 Å². The fraction of sp³-hybridized carbons (Fsp3) is 1.00. The maximum Gasteiger partial charge on any atom is 0.164 e. The largest absolute Gasteiger partial charge is 0.338 e. The van der Waals surface area contributed by atoms with E-state index in [1.165, 1.54) is 167 Å². The summed E-state index contributed by atoms with van der Waals surface area (Å²) in [5.41, 5.74) is 0. The van der Waals surface area contributed by atoms with Gasteiger partial charge in [0.15, 0.2) is 5.79 Å². The van der Waals surface area contributed by atoms with E-state index in [0.717, 1.165) is 22.1 Å². The standard InChI is InChI=1S/C39H82N2O2/c1-9-11-13-15-17-19-21-23-25-27-29-31-33-40(5,6)35-37-38(43-39(3,4)42-37)36-41(7,8)34-32-30-28-26-24-22-20-18-16-14-12-10-2/h37-38H,9-36H2,1-8H3/q+2/t37-,38-/m0/s1. The molecule has 1 aliphatic heterocycles. The summed E-state index contributed by atoms with van der Waals surface area (Å²) in [5.74, 6) is -0.471. The predicted molar refractivity (Wildman–Crippen MR) is 190 cm³/mol. The summed E-state index contributed by atoms with van der Waals surface area (Å²) in [6.07, 6.45) is 34.3. The smallest absolute Gasteiger partial charge is 0.164 e. The molecule has 258 valence electrons. The second kappa shape index (κ2) is 24.1. The minimum Gasteiger partial charge on any atom is -0.338 e. The Morgan fingerprint density at radius 2 is 0.628 bits per heavy atom. The molecule has 0 bridgehead atoms. The van der Waals surface area contributed by atoms with Crippen molar-refractivity contribution in [3.8, 4) is 0 Å². The molecule has 0 spiro atoms. The number of nitrogens with zero attached hydrogens (tertiary/aromatic N) is 2. The lowest BCUT2D eigenvalue weighted by molar-refractivity contribution is -0.900. The van der Waals surface area contributed by atoms with E-state index in [4.69, 9.17) is 9.47 Å². The Morgan fingerprint density at radius 1 is 0.395 bits per heavy atom. The molecule has 0 aromatic rings. The maximum absolute atomic E-state index is 6.53. The van der Waals surface area contributed by atoms with Crippen molar-refractivity contribution < 1.29 is 18.4 Å². The van der Waals surface area contributed by atoms with Crippen molar-refractivity contribution in [3.63, 3.8) is 0 Å². The first-order chi connectivity index (χ1) is 20.5. The van der Waals surface area contributed by atoms with Crippen molar-refractivity contribution >= 4 is 0 Å². The van der Waals surface area contributed by atoms with E-state index in [1.54, 1.807) is 0 Å². The molecular weight excluding hydrogens is 528 g/mol. The third kappa shape index (κ3) is 22.9. The van der Waals surface area contributed by atoms with Crippen molar-refractivity contribution in [2.24, 2.45) is 0 Å². The fourth-order valence-corrected chi connectivity index (χ4v) is 7.14. The van der Waals surface area contributed by atoms with Crippen LogP contribution >= 0.6 is 0 Å². The minimum atomic E-state index is -0.471. The first-order valence-electron chi connectivity index (χ1n) is 19.5. The van der Waals surface area contributed by atoms with E-state index in [-0.39, 0.29) is 12.2 Å². The number of likely N-dealkylation sites (N-methyl/N-ethyl adjacent to an activating group) is 2. The molecule has 2 atom stereocenters. The van der Waals surface area contributed by atoms with Gasteiger partial charge in [0.1, 0.15) is 25.3 Å². The molecule has 1 fully saturated rings. The first-order valence-corrected chi connectivity index (χ1v) is 19.5. The molecule has 0 saturated carbocycles. The van der Waals surface area contributed by atoms with Crippen LogP contribution < -0.4 is 0 Å². The third-order valence-corrected chi connectivity index (χ3v) is 9.87. The van der Waals surface area contributed by atoms with Crippen LogP contribution in [0.3, 0.4) is 0 Å². The second-order valence-corrected chi connectivity index (χ2v) is 16.2. The molecule has 1 saturated heterocycles. The average Bonchev–Trinajstić information content (AvgIpc) is 3.20. The SMILES string of the molecule is CCCCCCCCCCCCCC[N+](C)(C)C[C@@H]1OC(C)(C)O[C@H]1C[N+](C)(C)CCCCCCCCCCCCCC. The number of unbranched alkanes of at least 4 members (excludes halogenated alkanes) is 22. The summed E-state index contributed by atoms with van der Waals surface area (Å²) in [6.45, 7) is 13.4. The highest BCUT2D eigenvalue weighted by atomic mass is 16.8. The van der Waals surface area contributed by atoms with Crippen LogP contribution in [0, 0.1) is 0 Å². The number of rotatable bonds is 30. The first kappa shape index (κ1) is 40.9. The molecule has 43 heavy (non-hydrogen) atoms. The van der Waals surface area contributed by atoms with Gasteiger partial charge in [0, 0.05) is 0 Å². The van der Waals surface area contributed by atoms with Crippen LogP contribution in [-0.2, 0) is 9.47 Å². The lowest BCUT2D eigenvalue weighted by Gasteiger charge is -2.36. The summed E-state index contributed by atoms with van der Waals surface area (Å²) in [4.78, 5) is 0. The number of hydrogen-bond acceptors (Lipinski definition) is 2. The maximum atomic E-state index is 6.53. The van der Waals surface area contributed by atoms with Crippen molar-refractivity contribution in [2.75, 3.05) is 54.4 Å². The highest BCUT2D eigenvalue weighted by Crippen LogP contribution is 2.31. The average molecular weight is 611 g/mol. The molecule has 0 aromatic heterocycles. The molecule has 1 aliphatic rings. The Bertz CT molecular complexity index is 581. The fourth-order valence-electron chi connectivity index (χ4n) is 7.14. The van der Waals surface area contributed by atoms with Crippen LogP contribution in [0.4, 0.5) is 0 Å². The Hall–Kier alpha value is -0.160. The molecule has 0 radical (unpaired) electrons. The Balaban J connectivity index is 2.23. The van der Waals surface area contributed by atoms with E-state index >= 15 is 0 Å². The van der Waals surface area contributed by atoms with Crippen molar-refractivity contribution in [1.82, 2.24) is 0 Å². The third-order valence-electron chi connectivity index (χ3n) is 9.87. The summed E-state index contributed by atoms with van der Waals surface area (Å²) < 4.78 is 15.1. The number of ether oxygens (including phenoxy) is 2. The van der Waals surface area contributed by atoms with Gasteiger partial charge in [-0.25, -0.2) is 0 Å². The van der Waals surface area contributed by atoms with Gasteiger partial charge in [-0.05, 0) is 39.5 Å². The van der Waals surface area contributed by atoms with Crippen LogP contribution in [0.5, 0.6) is 0 Å². The summed E-state index contributed by atoms with van der Waals surface area (Å²) in [6, 6.07) is 0. The predicted octanol–water partition coefficient (Wildman–Crippen LogP) is 11.1. The van der Waals surface area contributed by atoms with Crippen molar-refractivity contribution in [1.29, 1.82) is 0 Å². The molecule has 0 N–H and O–H groups in total. The van der Waals surface area contributed by atoms with Gasteiger partial charge in [-0.1, -0.05) is 142 Å². The van der Waals surface area contributed by atoms with Crippen molar-refractivity contribution in [2.45, 2.75) is 200 Å². The summed E-state index contributed by atoms with van der Waals surface area (Å²) >= 11 is 0. The lowest BCUT2D eigenvalue weighted by Crippen LogP contribution is -2.53. The van der Waals surface area contributed by atoms with Gasteiger partial charge >= 0.3 is 0 Å². The van der Waals surface area contributed by atoms with Gasteiger partial charge in [0.2, 0.25) is 0 Å². The van der Waals surface area contributed by atoms with Crippen LogP contribution in [-0.4, -0.2) is 81.3 Å². The zero-order valence-corrected chi connectivity index (χ0v) is 31.2. The molecule has 1 heterocycles. The molecule has 0 unspecified atom stereocenters. The topological polar surface area (TPSA) is 18.5 Å². The van der Waals surface area contributed by atoms with E-state index < -0.39 is 5.79 Å². The van der Waals surface area contributed by atoms with E-state index in [0.29, 0.717) is 0 Å². The van der Waals surface area contributed by atoms with Crippen LogP contribution in [0.2, 0.25) is 0 Å². The zero-order chi connectivity index (χ0) is 31.9. The normalized spacial score (nSPS) is 19.0. The zero-order valence-electron chi connectivity index (χ0n) is 31.2.